The molecule has 43 heavy (non-hydrogen) atoms. The number of fused-ring (bicyclic) bond motifs is 2. The first-order chi connectivity index (χ1) is 21.0. The molecule has 2 aliphatic rings. The summed E-state index contributed by atoms with van der Waals surface area (Å²) in [5.41, 5.74) is 7.22. The van der Waals surface area contributed by atoms with Crippen molar-refractivity contribution in [1.82, 2.24) is 15.0 Å². The molecule has 1 aromatic heterocycles. The molecule has 4 nitrogen and oxygen atoms in total. The van der Waals surface area contributed by atoms with Gasteiger partial charge in [0.1, 0.15) is 0 Å². The van der Waals surface area contributed by atoms with E-state index in [1.807, 2.05) is 66.7 Å². The van der Waals surface area contributed by atoms with Gasteiger partial charge in [-0.15, -0.1) is 0 Å². The first-order valence-corrected chi connectivity index (χ1v) is 15.5. The van der Waals surface area contributed by atoms with Gasteiger partial charge in [-0.05, 0) is 84.1 Å². The fourth-order valence-electron chi connectivity index (χ4n) is 8.00. The SMILES string of the molecule is C[C@@H]1CC2C[C@H](C)CC(c3ccc(C#N)c(-c4ccc(-c5nc(-c6ccccc6)nc(-c6ccccc6)n5)cc4)c3)(C2)C1. The number of hydrogen-bond acceptors (Lipinski definition) is 4. The molecule has 1 heterocycles. The van der Waals surface area contributed by atoms with E-state index in [0.29, 0.717) is 17.5 Å². The van der Waals surface area contributed by atoms with Crippen molar-refractivity contribution in [2.45, 2.75) is 51.4 Å². The topological polar surface area (TPSA) is 62.5 Å². The molecule has 2 fully saturated rings. The Kier molecular flexibility index (Phi) is 7.11. The number of hydrogen-bond donors (Lipinski definition) is 0. The van der Waals surface area contributed by atoms with Crippen LogP contribution in [0.5, 0.6) is 0 Å². The zero-order valence-electron chi connectivity index (χ0n) is 24.9. The van der Waals surface area contributed by atoms with E-state index in [0.717, 1.165) is 51.1 Å². The average Bonchev–Trinajstić information content (AvgIpc) is 3.04. The van der Waals surface area contributed by atoms with Crippen LogP contribution in [0.25, 0.3) is 45.3 Å². The smallest absolute Gasteiger partial charge is 0.164 e. The van der Waals surface area contributed by atoms with Gasteiger partial charge in [0.15, 0.2) is 17.5 Å². The van der Waals surface area contributed by atoms with Crippen LogP contribution >= 0.6 is 0 Å². The van der Waals surface area contributed by atoms with Crippen LogP contribution in [0.15, 0.2) is 103 Å². The largest absolute Gasteiger partial charge is 0.208 e. The summed E-state index contributed by atoms with van der Waals surface area (Å²) in [7, 11) is 0. The second-order valence-corrected chi connectivity index (χ2v) is 12.9. The molecule has 7 rings (SSSR count). The molecular weight excluding hydrogens is 524 g/mol. The molecule has 5 aromatic rings. The van der Waals surface area contributed by atoms with Crippen molar-refractivity contribution in [1.29, 1.82) is 5.26 Å². The Balaban J connectivity index is 1.27. The predicted molar refractivity (Wildman–Crippen MR) is 173 cm³/mol. The normalized spacial score (nSPS) is 23.0. The fourth-order valence-corrected chi connectivity index (χ4v) is 8.00. The molecular formula is C39H36N4. The van der Waals surface area contributed by atoms with Crippen LogP contribution in [0, 0.1) is 29.1 Å². The van der Waals surface area contributed by atoms with E-state index in [9.17, 15) is 5.26 Å². The standard InChI is InChI=1S/C39H36N4/c1-26-19-28-20-27(2)23-39(22-26,24-28)34-18-17-33(25-40)35(21-34)29-13-15-32(16-14-29)38-42-36(30-9-5-3-6-10-30)41-37(43-38)31-11-7-4-8-12-31/h3-18,21,26-28H,19-20,22-24H2,1-2H3/t26-,27+,28?,39?. The lowest BCUT2D eigenvalue weighted by atomic mass is 9.54. The van der Waals surface area contributed by atoms with E-state index in [1.54, 1.807) is 0 Å². The molecule has 4 heteroatoms. The van der Waals surface area contributed by atoms with Crippen molar-refractivity contribution in [2.75, 3.05) is 0 Å². The van der Waals surface area contributed by atoms with Gasteiger partial charge in [0.05, 0.1) is 11.6 Å². The molecule has 2 saturated carbocycles. The molecule has 2 aliphatic carbocycles. The minimum Gasteiger partial charge on any atom is -0.208 e. The number of nitriles is 1. The van der Waals surface area contributed by atoms with Crippen LogP contribution in [0.1, 0.15) is 57.1 Å². The molecule has 0 radical (unpaired) electrons. The average molecular weight is 561 g/mol. The monoisotopic (exact) mass is 560 g/mol. The highest BCUT2D eigenvalue weighted by Gasteiger charge is 2.45. The molecule has 212 valence electrons. The van der Waals surface area contributed by atoms with Crippen molar-refractivity contribution < 1.29 is 0 Å². The molecule has 0 aliphatic heterocycles. The van der Waals surface area contributed by atoms with Crippen molar-refractivity contribution >= 4 is 0 Å². The van der Waals surface area contributed by atoms with Crippen LogP contribution in [0.3, 0.4) is 0 Å². The first-order valence-electron chi connectivity index (χ1n) is 15.5. The molecule has 2 bridgehead atoms. The predicted octanol–water partition coefficient (Wildman–Crippen LogP) is 9.52. The summed E-state index contributed by atoms with van der Waals surface area (Å²) >= 11 is 0. The maximum atomic E-state index is 10.1. The Hall–Kier alpha value is -4.62. The second kappa shape index (κ2) is 11.2. The fraction of sp³-hybridized carbons (Fsp3) is 0.282. The summed E-state index contributed by atoms with van der Waals surface area (Å²) in [6.07, 6.45) is 6.46. The third-order valence-electron chi connectivity index (χ3n) is 9.54. The Bertz CT molecular complexity index is 1710. The molecule has 4 atom stereocenters. The van der Waals surface area contributed by atoms with Crippen LogP contribution in [-0.2, 0) is 5.41 Å². The number of rotatable bonds is 5. The van der Waals surface area contributed by atoms with E-state index in [1.165, 1.54) is 37.7 Å². The molecule has 0 saturated heterocycles. The Morgan fingerprint density at radius 1 is 0.605 bits per heavy atom. The van der Waals surface area contributed by atoms with Gasteiger partial charge in [-0.25, -0.2) is 15.0 Å². The molecule has 2 unspecified atom stereocenters. The van der Waals surface area contributed by atoms with Gasteiger partial charge in [-0.2, -0.15) is 5.26 Å². The Labute approximate surface area is 254 Å². The maximum absolute atomic E-state index is 10.1. The molecule has 0 spiro atoms. The van der Waals surface area contributed by atoms with E-state index < -0.39 is 0 Å². The summed E-state index contributed by atoms with van der Waals surface area (Å²) in [6.45, 7) is 4.85. The number of nitrogens with zero attached hydrogens (tertiary/aromatic N) is 4. The van der Waals surface area contributed by atoms with E-state index in [-0.39, 0.29) is 5.41 Å². The van der Waals surface area contributed by atoms with Gasteiger partial charge < -0.3 is 0 Å². The van der Waals surface area contributed by atoms with Crippen LogP contribution in [-0.4, -0.2) is 15.0 Å². The van der Waals surface area contributed by atoms with Gasteiger partial charge in [0.2, 0.25) is 0 Å². The van der Waals surface area contributed by atoms with E-state index >= 15 is 0 Å². The van der Waals surface area contributed by atoms with Crippen molar-refractivity contribution in [2.24, 2.45) is 17.8 Å². The molecule has 4 aromatic carbocycles. The summed E-state index contributed by atoms with van der Waals surface area (Å²) in [5, 5.41) is 10.1. The summed E-state index contributed by atoms with van der Waals surface area (Å²) in [5.74, 6) is 4.22. The molecule has 0 N–H and O–H groups in total. The van der Waals surface area contributed by atoms with Gasteiger partial charge in [0, 0.05) is 16.7 Å². The quantitative estimate of drug-likeness (QED) is 0.215. The van der Waals surface area contributed by atoms with Crippen molar-refractivity contribution in [3.05, 3.63) is 114 Å². The second-order valence-electron chi connectivity index (χ2n) is 12.9. The number of aromatic nitrogens is 3. The minimum atomic E-state index is 0.217. The number of benzene rings is 4. The van der Waals surface area contributed by atoms with Gasteiger partial charge in [-0.1, -0.05) is 105 Å². The van der Waals surface area contributed by atoms with E-state index in [4.69, 9.17) is 15.0 Å². The van der Waals surface area contributed by atoms with Gasteiger partial charge in [0.25, 0.3) is 0 Å². The molecule has 0 amide bonds. The summed E-state index contributed by atoms with van der Waals surface area (Å²) < 4.78 is 0. The Morgan fingerprint density at radius 3 is 1.60 bits per heavy atom. The van der Waals surface area contributed by atoms with Crippen LogP contribution in [0.2, 0.25) is 0 Å². The van der Waals surface area contributed by atoms with E-state index in [2.05, 4.69) is 56.3 Å². The summed E-state index contributed by atoms with van der Waals surface area (Å²) in [6, 6.07) is 37.5. The zero-order valence-corrected chi connectivity index (χ0v) is 24.9. The highest BCUT2D eigenvalue weighted by molar-refractivity contribution is 5.74. The highest BCUT2D eigenvalue weighted by Crippen LogP contribution is 2.54. The Morgan fingerprint density at radius 2 is 1.09 bits per heavy atom. The lowest BCUT2D eigenvalue weighted by molar-refractivity contribution is 0.0780. The minimum absolute atomic E-state index is 0.217. The van der Waals surface area contributed by atoms with Crippen LogP contribution in [0.4, 0.5) is 0 Å². The van der Waals surface area contributed by atoms with Gasteiger partial charge >= 0.3 is 0 Å². The third-order valence-corrected chi connectivity index (χ3v) is 9.54. The van der Waals surface area contributed by atoms with Crippen LogP contribution < -0.4 is 0 Å². The zero-order chi connectivity index (χ0) is 29.4. The lowest BCUT2D eigenvalue weighted by Gasteiger charge is -2.50. The van der Waals surface area contributed by atoms with Crippen molar-refractivity contribution in [3.63, 3.8) is 0 Å². The third kappa shape index (κ3) is 5.37. The summed E-state index contributed by atoms with van der Waals surface area (Å²) in [4.78, 5) is 14.6. The lowest BCUT2D eigenvalue weighted by Crippen LogP contribution is -2.42. The highest BCUT2D eigenvalue weighted by atomic mass is 15.0. The first kappa shape index (κ1) is 27.2. The maximum Gasteiger partial charge on any atom is 0.164 e. The van der Waals surface area contributed by atoms with Gasteiger partial charge in [-0.3, -0.25) is 0 Å². The van der Waals surface area contributed by atoms with Crippen molar-refractivity contribution in [3.8, 4) is 51.4 Å².